The van der Waals surface area contributed by atoms with Crippen LogP contribution in [-0.4, -0.2) is 53.3 Å². The fourth-order valence-corrected chi connectivity index (χ4v) is 2.06. The number of ether oxygens (including phenoxy) is 1. The highest BCUT2D eigenvalue weighted by atomic mass is 16.5. The number of aromatic nitrogens is 1. The van der Waals surface area contributed by atoms with Gasteiger partial charge in [-0.05, 0) is 25.0 Å². The molecule has 0 spiro atoms. The smallest absolute Gasteiger partial charge is 0.356 e. The Kier molecular flexibility index (Phi) is 4.52. The summed E-state index contributed by atoms with van der Waals surface area (Å²) < 4.78 is 5.46. The van der Waals surface area contributed by atoms with E-state index in [1.54, 1.807) is 13.1 Å². The van der Waals surface area contributed by atoms with Crippen molar-refractivity contribution in [2.24, 2.45) is 0 Å². The molecule has 1 aromatic heterocycles. The SMILES string of the molecule is CN(CC1CCCO1)C(=O)Nc1cccnc1C(=O)O. The predicted molar refractivity (Wildman–Crippen MR) is 71.8 cm³/mol. The average molecular weight is 279 g/mol. The van der Waals surface area contributed by atoms with Crippen molar-refractivity contribution in [1.82, 2.24) is 9.88 Å². The summed E-state index contributed by atoms with van der Waals surface area (Å²) in [6, 6.07) is 2.70. The van der Waals surface area contributed by atoms with Gasteiger partial charge in [0.25, 0.3) is 0 Å². The number of anilines is 1. The number of hydrogen-bond donors (Lipinski definition) is 2. The second kappa shape index (κ2) is 6.33. The van der Waals surface area contributed by atoms with Crippen LogP contribution in [-0.2, 0) is 4.74 Å². The zero-order valence-electron chi connectivity index (χ0n) is 11.2. The van der Waals surface area contributed by atoms with E-state index in [2.05, 4.69) is 10.3 Å². The Morgan fingerprint density at radius 1 is 1.60 bits per heavy atom. The molecule has 7 heteroatoms. The van der Waals surface area contributed by atoms with E-state index in [1.165, 1.54) is 17.2 Å². The lowest BCUT2D eigenvalue weighted by molar-refractivity contribution is 0.0691. The number of pyridine rings is 1. The van der Waals surface area contributed by atoms with Gasteiger partial charge in [0.15, 0.2) is 5.69 Å². The minimum Gasteiger partial charge on any atom is -0.476 e. The molecule has 1 aliphatic heterocycles. The van der Waals surface area contributed by atoms with Gasteiger partial charge in [-0.25, -0.2) is 14.6 Å². The lowest BCUT2D eigenvalue weighted by atomic mass is 10.2. The number of hydrogen-bond acceptors (Lipinski definition) is 4. The zero-order valence-corrected chi connectivity index (χ0v) is 11.2. The topological polar surface area (TPSA) is 91.8 Å². The molecular weight excluding hydrogens is 262 g/mol. The summed E-state index contributed by atoms with van der Waals surface area (Å²) in [5.74, 6) is -1.18. The van der Waals surface area contributed by atoms with Crippen LogP contribution in [0.15, 0.2) is 18.3 Å². The van der Waals surface area contributed by atoms with E-state index in [-0.39, 0.29) is 23.5 Å². The van der Waals surface area contributed by atoms with E-state index in [4.69, 9.17) is 9.84 Å². The van der Waals surface area contributed by atoms with Gasteiger partial charge in [-0.2, -0.15) is 0 Å². The maximum Gasteiger partial charge on any atom is 0.356 e. The molecule has 2 N–H and O–H groups in total. The van der Waals surface area contributed by atoms with Crippen molar-refractivity contribution < 1.29 is 19.4 Å². The quantitative estimate of drug-likeness (QED) is 0.869. The van der Waals surface area contributed by atoms with Gasteiger partial charge < -0.3 is 20.1 Å². The van der Waals surface area contributed by atoms with Crippen molar-refractivity contribution in [2.45, 2.75) is 18.9 Å². The molecule has 0 aromatic carbocycles. The first-order valence-electron chi connectivity index (χ1n) is 6.40. The summed E-state index contributed by atoms with van der Waals surface area (Å²) in [7, 11) is 1.65. The van der Waals surface area contributed by atoms with Crippen molar-refractivity contribution in [3.8, 4) is 0 Å². The summed E-state index contributed by atoms with van der Waals surface area (Å²) in [6.07, 6.45) is 3.37. The summed E-state index contributed by atoms with van der Waals surface area (Å²) in [6.45, 7) is 1.21. The minimum absolute atomic E-state index is 0.0543. The molecule has 7 nitrogen and oxygen atoms in total. The lowest BCUT2D eigenvalue weighted by Crippen LogP contribution is -2.37. The van der Waals surface area contributed by atoms with Crippen LogP contribution in [0.4, 0.5) is 10.5 Å². The van der Waals surface area contributed by atoms with Crippen molar-refractivity contribution in [1.29, 1.82) is 0 Å². The molecule has 1 aliphatic rings. The van der Waals surface area contributed by atoms with E-state index in [0.29, 0.717) is 6.54 Å². The van der Waals surface area contributed by atoms with Crippen LogP contribution in [0.5, 0.6) is 0 Å². The zero-order chi connectivity index (χ0) is 14.5. The number of carboxylic acid groups (broad SMARTS) is 1. The fraction of sp³-hybridized carbons (Fsp3) is 0.462. The Bertz CT molecular complexity index is 500. The van der Waals surface area contributed by atoms with Gasteiger partial charge in [0.05, 0.1) is 11.8 Å². The summed E-state index contributed by atoms with van der Waals surface area (Å²) in [5.41, 5.74) is 0.00977. The molecule has 0 radical (unpaired) electrons. The van der Waals surface area contributed by atoms with Gasteiger partial charge in [-0.15, -0.1) is 0 Å². The number of carbonyl (C=O) groups is 2. The monoisotopic (exact) mass is 279 g/mol. The Morgan fingerprint density at radius 2 is 2.40 bits per heavy atom. The van der Waals surface area contributed by atoms with E-state index in [1.807, 2.05) is 0 Å². The van der Waals surface area contributed by atoms with Gasteiger partial charge in [0, 0.05) is 26.4 Å². The molecular formula is C13H17N3O4. The van der Waals surface area contributed by atoms with Gasteiger partial charge in [0.2, 0.25) is 0 Å². The molecule has 1 fully saturated rings. The van der Waals surface area contributed by atoms with Crippen molar-refractivity contribution >= 4 is 17.7 Å². The molecule has 20 heavy (non-hydrogen) atoms. The van der Waals surface area contributed by atoms with E-state index in [0.717, 1.165) is 19.4 Å². The second-order valence-electron chi connectivity index (χ2n) is 4.65. The van der Waals surface area contributed by atoms with Crippen molar-refractivity contribution in [2.75, 3.05) is 25.5 Å². The molecule has 1 saturated heterocycles. The minimum atomic E-state index is -1.18. The molecule has 0 aliphatic carbocycles. The Balaban J connectivity index is 1.98. The molecule has 108 valence electrons. The van der Waals surface area contributed by atoms with Crippen molar-refractivity contribution in [3.63, 3.8) is 0 Å². The van der Waals surface area contributed by atoms with Gasteiger partial charge in [0.1, 0.15) is 0 Å². The standard InChI is InChI=1S/C13H17N3O4/c1-16(8-9-4-3-7-20-9)13(19)15-10-5-2-6-14-11(10)12(17)18/h2,5-6,9H,3-4,7-8H2,1H3,(H,15,19)(H,17,18). The third-order valence-corrected chi connectivity index (χ3v) is 3.10. The molecule has 1 unspecified atom stereocenters. The number of amides is 2. The first-order valence-corrected chi connectivity index (χ1v) is 6.40. The third kappa shape index (κ3) is 3.45. The highest BCUT2D eigenvalue weighted by molar-refractivity contribution is 5.98. The molecule has 1 atom stereocenters. The number of nitrogens with zero attached hydrogens (tertiary/aromatic N) is 2. The first-order chi connectivity index (χ1) is 9.58. The maximum atomic E-state index is 12.0. The lowest BCUT2D eigenvalue weighted by Gasteiger charge is -2.21. The van der Waals surface area contributed by atoms with Gasteiger partial charge in [-0.3, -0.25) is 0 Å². The van der Waals surface area contributed by atoms with Crippen LogP contribution in [0, 0.1) is 0 Å². The van der Waals surface area contributed by atoms with Gasteiger partial charge >= 0.3 is 12.0 Å². The van der Waals surface area contributed by atoms with Crippen LogP contribution >= 0.6 is 0 Å². The van der Waals surface area contributed by atoms with Crippen LogP contribution in [0.1, 0.15) is 23.3 Å². The van der Waals surface area contributed by atoms with Crippen LogP contribution in [0.3, 0.4) is 0 Å². The molecule has 0 bridgehead atoms. The van der Waals surface area contributed by atoms with Gasteiger partial charge in [-0.1, -0.05) is 0 Å². The summed E-state index contributed by atoms with van der Waals surface area (Å²) >= 11 is 0. The molecule has 0 saturated carbocycles. The average Bonchev–Trinajstić information content (AvgIpc) is 2.91. The first kappa shape index (κ1) is 14.3. The predicted octanol–water partition coefficient (Wildman–Crippen LogP) is 1.42. The number of carboxylic acids is 1. The Hall–Kier alpha value is -2.15. The number of nitrogens with one attached hydrogen (secondary N) is 1. The third-order valence-electron chi connectivity index (χ3n) is 3.10. The van der Waals surface area contributed by atoms with Crippen LogP contribution in [0.25, 0.3) is 0 Å². The number of aromatic carboxylic acids is 1. The van der Waals surface area contributed by atoms with E-state index >= 15 is 0 Å². The number of urea groups is 1. The number of carbonyl (C=O) groups excluding carboxylic acids is 1. The molecule has 1 aromatic rings. The summed E-state index contributed by atoms with van der Waals surface area (Å²) in [4.78, 5) is 28.2. The largest absolute Gasteiger partial charge is 0.476 e. The van der Waals surface area contributed by atoms with Crippen LogP contribution < -0.4 is 5.32 Å². The Morgan fingerprint density at radius 3 is 3.05 bits per heavy atom. The van der Waals surface area contributed by atoms with Crippen LogP contribution in [0.2, 0.25) is 0 Å². The Labute approximate surface area is 116 Å². The number of likely N-dealkylation sites (N-methyl/N-ethyl adjacent to an activating group) is 1. The van der Waals surface area contributed by atoms with Crippen molar-refractivity contribution in [3.05, 3.63) is 24.0 Å². The summed E-state index contributed by atoms with van der Waals surface area (Å²) in [5, 5.41) is 11.6. The molecule has 2 heterocycles. The highest BCUT2D eigenvalue weighted by Gasteiger charge is 2.21. The normalized spacial score (nSPS) is 17.8. The maximum absolute atomic E-state index is 12.0. The molecule has 2 rings (SSSR count). The highest BCUT2D eigenvalue weighted by Crippen LogP contribution is 2.15. The van der Waals surface area contributed by atoms with E-state index in [9.17, 15) is 9.59 Å². The number of rotatable bonds is 4. The molecule has 2 amide bonds. The second-order valence-corrected chi connectivity index (χ2v) is 4.65. The fourth-order valence-electron chi connectivity index (χ4n) is 2.06. The van der Waals surface area contributed by atoms with E-state index < -0.39 is 5.97 Å².